The first-order chi connectivity index (χ1) is 11.4. The van der Waals surface area contributed by atoms with Crippen molar-refractivity contribution in [2.24, 2.45) is 15.3 Å². The highest BCUT2D eigenvalue weighted by molar-refractivity contribution is 5.79. The lowest BCUT2D eigenvalue weighted by molar-refractivity contribution is 1.16. The average Bonchev–Trinajstić information content (AvgIpc) is 3.20. The van der Waals surface area contributed by atoms with Crippen LogP contribution in [0, 0.1) is 0 Å². The van der Waals surface area contributed by atoms with Crippen molar-refractivity contribution in [2.45, 2.75) is 0 Å². The number of aromatic amines is 2. The van der Waals surface area contributed by atoms with Gasteiger partial charge < -0.3 is 9.97 Å². The first-order valence-corrected chi connectivity index (χ1v) is 6.95. The number of rotatable bonds is 4. The molecule has 8 heteroatoms. The monoisotopic (exact) mass is 304 g/mol. The lowest BCUT2D eigenvalue weighted by atomic mass is 10.3. The lowest BCUT2D eigenvalue weighted by Crippen LogP contribution is -1.87. The van der Waals surface area contributed by atoms with E-state index in [1.54, 1.807) is 6.33 Å². The predicted octanol–water partition coefficient (Wildman–Crippen LogP) is 3.58. The molecule has 0 amide bonds. The van der Waals surface area contributed by atoms with Crippen LogP contribution >= 0.6 is 0 Å². The number of H-pyrrole nitrogens is 2. The van der Waals surface area contributed by atoms with Crippen molar-refractivity contribution in [1.82, 2.24) is 19.9 Å². The zero-order valence-corrected chi connectivity index (χ0v) is 11.9. The fraction of sp³-hybridized carbons (Fsp3) is 0. The summed E-state index contributed by atoms with van der Waals surface area (Å²) in [5.41, 5.74) is 7.32. The number of hydrogen-bond acceptors (Lipinski definition) is 5. The number of azo groups is 1. The van der Waals surface area contributed by atoms with Gasteiger partial charge in [-0.15, -0.1) is 10.2 Å². The van der Waals surface area contributed by atoms with Gasteiger partial charge in [-0.2, -0.15) is 5.10 Å². The van der Waals surface area contributed by atoms with Crippen LogP contribution in [-0.2, 0) is 0 Å². The van der Waals surface area contributed by atoms with Gasteiger partial charge >= 0.3 is 0 Å². The Kier molecular flexibility index (Phi) is 3.24. The van der Waals surface area contributed by atoms with Crippen LogP contribution in [0.5, 0.6) is 0 Å². The molecule has 0 aliphatic rings. The van der Waals surface area contributed by atoms with Gasteiger partial charge in [0.1, 0.15) is 0 Å². The van der Waals surface area contributed by atoms with E-state index in [2.05, 4.69) is 40.7 Å². The second-order valence-electron chi connectivity index (χ2n) is 4.78. The summed E-state index contributed by atoms with van der Waals surface area (Å²) in [5, 5.41) is 11.8. The fourth-order valence-corrected chi connectivity index (χ4v) is 2.20. The van der Waals surface area contributed by atoms with Crippen molar-refractivity contribution < 1.29 is 0 Å². The van der Waals surface area contributed by atoms with Crippen LogP contribution in [0.15, 0.2) is 64.1 Å². The Morgan fingerprint density at radius 1 is 1.04 bits per heavy atom. The van der Waals surface area contributed by atoms with E-state index in [-0.39, 0.29) is 0 Å². The minimum atomic E-state index is 0.441. The Labute approximate surface area is 130 Å². The largest absolute Gasteiger partial charge is 0.345 e. The van der Waals surface area contributed by atoms with E-state index >= 15 is 0 Å². The maximum absolute atomic E-state index is 4.29. The maximum Gasteiger partial charge on any atom is 0.247 e. The molecule has 0 unspecified atom stereocenters. The third kappa shape index (κ3) is 2.77. The number of para-hydroxylation sites is 2. The summed E-state index contributed by atoms with van der Waals surface area (Å²) in [6.07, 6.45) is 2.98. The maximum atomic E-state index is 4.29. The molecule has 0 radical (unpaired) electrons. The zero-order chi connectivity index (χ0) is 15.5. The van der Waals surface area contributed by atoms with Crippen LogP contribution in [0.2, 0.25) is 0 Å². The van der Waals surface area contributed by atoms with E-state index in [1.165, 1.54) is 6.34 Å². The summed E-state index contributed by atoms with van der Waals surface area (Å²) < 4.78 is 0. The number of aromatic nitrogens is 4. The summed E-state index contributed by atoms with van der Waals surface area (Å²) in [4.78, 5) is 14.5. The van der Waals surface area contributed by atoms with E-state index in [0.29, 0.717) is 5.95 Å². The van der Waals surface area contributed by atoms with Gasteiger partial charge in [0.25, 0.3) is 0 Å². The summed E-state index contributed by atoms with van der Waals surface area (Å²) >= 11 is 0. The van der Waals surface area contributed by atoms with Crippen molar-refractivity contribution in [2.75, 3.05) is 5.43 Å². The fourth-order valence-electron chi connectivity index (χ4n) is 2.20. The third-order valence-corrected chi connectivity index (χ3v) is 3.25. The van der Waals surface area contributed by atoms with Crippen molar-refractivity contribution in [3.8, 4) is 0 Å². The van der Waals surface area contributed by atoms with Crippen LogP contribution in [-0.4, -0.2) is 26.3 Å². The molecule has 2 aromatic heterocycles. The molecule has 112 valence electrons. The SMILES string of the molecule is C(/N=Nc1nc2ccccc2[nH]1)=N\Nc1ccc2nc[nH]c2c1. The Bertz CT molecular complexity index is 977. The molecular weight excluding hydrogens is 292 g/mol. The molecule has 2 heterocycles. The Hall–Kier alpha value is -3.55. The van der Waals surface area contributed by atoms with Crippen LogP contribution in [0.1, 0.15) is 0 Å². The number of benzene rings is 2. The molecule has 4 aromatic rings. The Morgan fingerprint density at radius 3 is 2.96 bits per heavy atom. The van der Waals surface area contributed by atoms with Crippen LogP contribution in [0.25, 0.3) is 22.1 Å². The molecule has 3 N–H and O–H groups in total. The van der Waals surface area contributed by atoms with Crippen LogP contribution in [0.3, 0.4) is 0 Å². The molecule has 4 rings (SSSR count). The number of imidazole rings is 2. The van der Waals surface area contributed by atoms with Crippen LogP contribution in [0.4, 0.5) is 11.6 Å². The van der Waals surface area contributed by atoms with Gasteiger partial charge in [0.05, 0.1) is 34.1 Å². The lowest BCUT2D eigenvalue weighted by Gasteiger charge is -1.97. The molecule has 0 saturated heterocycles. The quantitative estimate of drug-likeness (QED) is 0.232. The molecule has 0 bridgehead atoms. The molecule has 0 aliphatic carbocycles. The molecular formula is C15H12N8. The molecule has 0 spiro atoms. The topological polar surface area (TPSA) is 106 Å². The van der Waals surface area contributed by atoms with E-state index in [4.69, 9.17) is 0 Å². The Balaban J connectivity index is 1.42. The summed E-state index contributed by atoms with van der Waals surface area (Å²) in [6, 6.07) is 13.4. The van der Waals surface area contributed by atoms with E-state index in [1.807, 2.05) is 42.5 Å². The zero-order valence-electron chi connectivity index (χ0n) is 11.9. The van der Waals surface area contributed by atoms with Gasteiger partial charge in [-0.25, -0.2) is 9.97 Å². The van der Waals surface area contributed by atoms with Crippen molar-refractivity contribution in [3.63, 3.8) is 0 Å². The van der Waals surface area contributed by atoms with E-state index in [0.717, 1.165) is 27.8 Å². The van der Waals surface area contributed by atoms with Gasteiger partial charge in [0.15, 0.2) is 6.34 Å². The highest BCUT2D eigenvalue weighted by atomic mass is 15.3. The van der Waals surface area contributed by atoms with Gasteiger partial charge in [0, 0.05) is 0 Å². The summed E-state index contributed by atoms with van der Waals surface area (Å²) in [6.45, 7) is 0. The van der Waals surface area contributed by atoms with Crippen molar-refractivity contribution >= 4 is 40.0 Å². The smallest absolute Gasteiger partial charge is 0.247 e. The van der Waals surface area contributed by atoms with Crippen molar-refractivity contribution in [3.05, 3.63) is 48.8 Å². The standard InChI is InChI=1S/C15H12N8/c1-2-4-13-12(3-1)20-15(21-13)23-19-9-18-22-10-5-6-11-14(7-10)17-8-16-11/h1-9,22H,(H,16,17)(H,20,21)/b18-9+,23-19?. The minimum Gasteiger partial charge on any atom is -0.345 e. The normalized spacial score (nSPS) is 12.0. The van der Waals surface area contributed by atoms with Gasteiger partial charge in [-0.05, 0) is 30.3 Å². The number of nitrogens with zero attached hydrogens (tertiary/aromatic N) is 5. The van der Waals surface area contributed by atoms with Gasteiger partial charge in [-0.1, -0.05) is 12.1 Å². The van der Waals surface area contributed by atoms with Gasteiger partial charge in [0.2, 0.25) is 5.95 Å². The number of anilines is 1. The number of fused-ring (bicyclic) bond motifs is 2. The van der Waals surface area contributed by atoms with Crippen molar-refractivity contribution in [1.29, 1.82) is 0 Å². The first kappa shape index (κ1) is 13.1. The van der Waals surface area contributed by atoms with Crippen LogP contribution < -0.4 is 5.43 Å². The third-order valence-electron chi connectivity index (χ3n) is 3.25. The second-order valence-corrected chi connectivity index (χ2v) is 4.78. The number of nitrogens with one attached hydrogen (secondary N) is 3. The summed E-state index contributed by atoms with van der Waals surface area (Å²) in [5.74, 6) is 0.441. The molecule has 0 saturated carbocycles. The van der Waals surface area contributed by atoms with E-state index in [9.17, 15) is 0 Å². The highest BCUT2D eigenvalue weighted by Gasteiger charge is 1.99. The summed E-state index contributed by atoms with van der Waals surface area (Å²) in [7, 11) is 0. The molecule has 0 fully saturated rings. The highest BCUT2D eigenvalue weighted by Crippen LogP contribution is 2.16. The molecule has 0 aliphatic heterocycles. The second kappa shape index (κ2) is 5.68. The molecule has 8 nitrogen and oxygen atoms in total. The van der Waals surface area contributed by atoms with E-state index < -0.39 is 0 Å². The molecule has 0 atom stereocenters. The average molecular weight is 304 g/mol. The molecule has 2 aromatic carbocycles. The molecule has 23 heavy (non-hydrogen) atoms. The minimum absolute atomic E-state index is 0.441. The predicted molar refractivity (Wildman–Crippen MR) is 88.8 cm³/mol. The first-order valence-electron chi connectivity index (χ1n) is 6.95. The van der Waals surface area contributed by atoms with Gasteiger partial charge in [-0.3, -0.25) is 5.43 Å². The number of hydrogen-bond donors (Lipinski definition) is 3. The number of hydrazone groups is 1. The Morgan fingerprint density at radius 2 is 2.00 bits per heavy atom.